The number of halogens is 3. The standard InChI is InChI=1S/C17H20F3NO5/c1-16(2,3)26-15(24)21-7-5-4-6-11-8-12(14(22)23)10-13(9-11)25-17(18,19)20/h4,6,8-10H,5,7H2,1-3H3,(H,21,24)(H,22,23). The first kappa shape index (κ1) is 21.3. The van der Waals surface area contributed by atoms with Crippen molar-refractivity contribution < 1.29 is 37.3 Å². The molecule has 0 aliphatic rings. The predicted molar refractivity (Wildman–Crippen MR) is 88.0 cm³/mol. The summed E-state index contributed by atoms with van der Waals surface area (Å²) < 4.78 is 45.7. The Kier molecular flexibility index (Phi) is 7.05. The molecule has 2 N–H and O–H groups in total. The first-order chi connectivity index (χ1) is 11.9. The molecule has 1 rings (SSSR count). The lowest BCUT2D eigenvalue weighted by atomic mass is 10.1. The van der Waals surface area contributed by atoms with E-state index < -0.39 is 29.8 Å². The third-order valence-electron chi connectivity index (χ3n) is 2.70. The maximum atomic E-state index is 12.3. The van der Waals surface area contributed by atoms with Gasteiger partial charge in [0.1, 0.15) is 11.4 Å². The number of nitrogens with one attached hydrogen (secondary N) is 1. The minimum absolute atomic E-state index is 0.224. The van der Waals surface area contributed by atoms with Gasteiger partial charge in [0.2, 0.25) is 0 Å². The molecule has 6 nitrogen and oxygen atoms in total. The van der Waals surface area contributed by atoms with Gasteiger partial charge >= 0.3 is 18.4 Å². The van der Waals surface area contributed by atoms with Crippen molar-refractivity contribution in [2.24, 2.45) is 0 Å². The van der Waals surface area contributed by atoms with Crippen LogP contribution in [0.25, 0.3) is 6.08 Å². The zero-order valence-corrected chi connectivity index (χ0v) is 14.5. The van der Waals surface area contributed by atoms with Gasteiger partial charge in [0.25, 0.3) is 0 Å². The number of alkyl carbamates (subject to hydrolysis) is 1. The maximum Gasteiger partial charge on any atom is 0.573 e. The fraction of sp³-hybridized carbons (Fsp3) is 0.412. The Hall–Kier alpha value is -2.71. The van der Waals surface area contributed by atoms with Crippen LogP contribution in [0.3, 0.4) is 0 Å². The lowest BCUT2D eigenvalue weighted by Gasteiger charge is -2.19. The van der Waals surface area contributed by atoms with Crippen LogP contribution >= 0.6 is 0 Å². The summed E-state index contributed by atoms with van der Waals surface area (Å²) in [6.45, 7) is 5.42. The Bertz CT molecular complexity index is 678. The van der Waals surface area contributed by atoms with Crippen LogP contribution in [0.5, 0.6) is 5.75 Å². The summed E-state index contributed by atoms with van der Waals surface area (Å²) in [5.41, 5.74) is -0.730. The van der Waals surface area contributed by atoms with Crippen molar-refractivity contribution in [1.29, 1.82) is 0 Å². The maximum absolute atomic E-state index is 12.3. The van der Waals surface area contributed by atoms with Crippen LogP contribution < -0.4 is 10.1 Å². The average Bonchev–Trinajstić information content (AvgIpc) is 2.42. The summed E-state index contributed by atoms with van der Waals surface area (Å²) in [6.07, 6.45) is -2.12. The molecular weight excluding hydrogens is 355 g/mol. The molecule has 0 aliphatic heterocycles. The summed E-state index contributed by atoms with van der Waals surface area (Å²) in [6, 6.07) is 3.07. The molecule has 1 amide bonds. The Morgan fingerprint density at radius 1 is 1.19 bits per heavy atom. The van der Waals surface area contributed by atoms with Gasteiger partial charge in [-0.15, -0.1) is 13.2 Å². The number of carboxylic acids is 1. The normalized spacial score (nSPS) is 12.1. The quantitative estimate of drug-likeness (QED) is 0.728. The molecule has 9 heteroatoms. The van der Waals surface area contributed by atoms with Crippen molar-refractivity contribution in [2.75, 3.05) is 6.54 Å². The molecule has 144 valence electrons. The second-order valence-electron chi connectivity index (χ2n) is 6.26. The summed E-state index contributed by atoms with van der Waals surface area (Å²) in [5.74, 6) is -2.00. The van der Waals surface area contributed by atoms with E-state index in [0.717, 1.165) is 12.1 Å². The highest BCUT2D eigenvalue weighted by Gasteiger charge is 2.31. The molecule has 0 saturated carbocycles. The van der Waals surface area contributed by atoms with Gasteiger partial charge in [0.15, 0.2) is 0 Å². The largest absolute Gasteiger partial charge is 0.573 e. The number of carbonyl (C=O) groups excluding carboxylic acids is 1. The summed E-state index contributed by atoms with van der Waals surface area (Å²) in [7, 11) is 0. The van der Waals surface area contributed by atoms with E-state index in [1.54, 1.807) is 26.8 Å². The minimum atomic E-state index is -4.92. The van der Waals surface area contributed by atoms with E-state index >= 15 is 0 Å². The van der Waals surface area contributed by atoms with E-state index in [-0.39, 0.29) is 17.7 Å². The first-order valence-corrected chi connectivity index (χ1v) is 7.63. The number of alkyl halides is 3. The molecule has 0 bridgehead atoms. The fourth-order valence-corrected chi connectivity index (χ4v) is 1.83. The zero-order chi connectivity index (χ0) is 20.0. The zero-order valence-electron chi connectivity index (χ0n) is 14.5. The highest BCUT2D eigenvalue weighted by atomic mass is 19.4. The molecule has 0 unspecified atom stereocenters. The Morgan fingerprint density at radius 3 is 2.38 bits per heavy atom. The number of rotatable bonds is 6. The van der Waals surface area contributed by atoms with Crippen molar-refractivity contribution in [2.45, 2.75) is 39.2 Å². The molecule has 0 spiro atoms. The molecule has 1 aromatic carbocycles. The van der Waals surface area contributed by atoms with Gasteiger partial charge in [-0.1, -0.05) is 12.2 Å². The number of hydrogen-bond acceptors (Lipinski definition) is 4. The smallest absolute Gasteiger partial charge is 0.478 e. The molecule has 0 radical (unpaired) electrons. The van der Waals surface area contributed by atoms with Gasteiger partial charge in [0, 0.05) is 6.54 Å². The van der Waals surface area contributed by atoms with Gasteiger partial charge in [-0.05, 0) is 51.0 Å². The Labute approximate surface area is 148 Å². The van der Waals surface area contributed by atoms with Gasteiger partial charge in [-0.25, -0.2) is 9.59 Å². The summed E-state index contributed by atoms with van der Waals surface area (Å²) in [5, 5.41) is 11.5. The second kappa shape index (κ2) is 8.59. The minimum Gasteiger partial charge on any atom is -0.478 e. The highest BCUT2D eigenvalue weighted by molar-refractivity contribution is 5.89. The summed E-state index contributed by atoms with van der Waals surface area (Å²) in [4.78, 5) is 22.5. The molecular formula is C17H20F3NO5. The SMILES string of the molecule is CC(C)(C)OC(=O)NCCC=Cc1cc(OC(F)(F)F)cc(C(=O)O)c1. The molecule has 0 saturated heterocycles. The van der Waals surface area contributed by atoms with E-state index in [1.165, 1.54) is 12.1 Å². The van der Waals surface area contributed by atoms with E-state index in [9.17, 15) is 22.8 Å². The third kappa shape index (κ3) is 8.95. The molecule has 26 heavy (non-hydrogen) atoms. The monoisotopic (exact) mass is 375 g/mol. The fourth-order valence-electron chi connectivity index (χ4n) is 1.83. The topological polar surface area (TPSA) is 84.9 Å². The molecule has 0 atom stereocenters. The van der Waals surface area contributed by atoms with Crippen molar-refractivity contribution in [3.63, 3.8) is 0 Å². The van der Waals surface area contributed by atoms with E-state index in [4.69, 9.17) is 9.84 Å². The number of aromatic carboxylic acids is 1. The number of hydrogen-bond donors (Lipinski definition) is 2. The van der Waals surface area contributed by atoms with Crippen LogP contribution in [0.4, 0.5) is 18.0 Å². The number of ether oxygens (including phenoxy) is 2. The number of amides is 1. The van der Waals surface area contributed by atoms with Crippen LogP contribution in [0.2, 0.25) is 0 Å². The van der Waals surface area contributed by atoms with Gasteiger partial charge < -0.3 is 19.9 Å². The molecule has 0 fully saturated rings. The Balaban J connectivity index is 2.69. The number of carboxylic acid groups (broad SMARTS) is 1. The second-order valence-corrected chi connectivity index (χ2v) is 6.26. The molecule has 0 heterocycles. The third-order valence-corrected chi connectivity index (χ3v) is 2.70. The number of carbonyl (C=O) groups is 2. The van der Waals surface area contributed by atoms with Crippen LogP contribution in [0.1, 0.15) is 43.1 Å². The van der Waals surface area contributed by atoms with Gasteiger partial charge in [-0.2, -0.15) is 0 Å². The molecule has 0 aromatic heterocycles. The Morgan fingerprint density at radius 2 is 1.85 bits per heavy atom. The molecule has 0 aliphatic carbocycles. The first-order valence-electron chi connectivity index (χ1n) is 7.63. The lowest BCUT2D eigenvalue weighted by Crippen LogP contribution is -2.32. The van der Waals surface area contributed by atoms with Crippen LogP contribution in [-0.4, -0.2) is 35.7 Å². The molecule has 1 aromatic rings. The van der Waals surface area contributed by atoms with Gasteiger partial charge in [0.05, 0.1) is 5.56 Å². The van der Waals surface area contributed by atoms with Crippen molar-refractivity contribution in [1.82, 2.24) is 5.32 Å². The van der Waals surface area contributed by atoms with E-state index in [0.29, 0.717) is 6.42 Å². The van der Waals surface area contributed by atoms with Crippen molar-refractivity contribution in [3.8, 4) is 5.75 Å². The predicted octanol–water partition coefficient (Wildman–Crippen LogP) is 4.21. The van der Waals surface area contributed by atoms with E-state index in [1.807, 2.05) is 0 Å². The van der Waals surface area contributed by atoms with Crippen molar-refractivity contribution in [3.05, 3.63) is 35.4 Å². The summed E-state index contributed by atoms with van der Waals surface area (Å²) >= 11 is 0. The van der Waals surface area contributed by atoms with Crippen molar-refractivity contribution >= 4 is 18.1 Å². The van der Waals surface area contributed by atoms with Crippen LogP contribution in [-0.2, 0) is 4.74 Å². The highest BCUT2D eigenvalue weighted by Crippen LogP contribution is 2.25. The van der Waals surface area contributed by atoms with E-state index in [2.05, 4.69) is 10.1 Å². The number of benzene rings is 1. The lowest BCUT2D eigenvalue weighted by molar-refractivity contribution is -0.274. The van der Waals surface area contributed by atoms with Crippen LogP contribution in [0.15, 0.2) is 24.3 Å². The van der Waals surface area contributed by atoms with Crippen LogP contribution in [0, 0.1) is 0 Å². The average molecular weight is 375 g/mol. The van der Waals surface area contributed by atoms with Gasteiger partial charge in [-0.3, -0.25) is 0 Å².